The highest BCUT2D eigenvalue weighted by Gasteiger charge is 2.45. The second-order valence-corrected chi connectivity index (χ2v) is 23.5. The maximum atomic E-state index is 14.1. The van der Waals surface area contributed by atoms with E-state index in [0.29, 0.717) is 63.3 Å². The molecule has 4 atom stereocenters. The lowest BCUT2D eigenvalue weighted by Crippen LogP contribution is -2.60. The fourth-order valence-corrected chi connectivity index (χ4v) is 11.7. The number of anilines is 1. The summed E-state index contributed by atoms with van der Waals surface area (Å²) in [4.78, 5) is 93.4. The van der Waals surface area contributed by atoms with Gasteiger partial charge in [-0.2, -0.15) is 0 Å². The fraction of sp³-hybridized carbons (Fsp3) is 0.544. The van der Waals surface area contributed by atoms with Crippen LogP contribution in [-0.2, 0) is 30.5 Å². The van der Waals surface area contributed by atoms with Crippen molar-refractivity contribution in [1.82, 2.24) is 50.6 Å². The largest absolute Gasteiger partial charge is 0.391 e. The minimum Gasteiger partial charge on any atom is -0.391 e. The zero-order chi connectivity index (χ0) is 54.7. The van der Waals surface area contributed by atoms with Crippen LogP contribution in [-0.4, -0.2) is 145 Å². The Kier molecular flexibility index (Phi) is 19.4. The second kappa shape index (κ2) is 26.1. The first-order chi connectivity index (χ1) is 37.0. The molecule has 0 radical (unpaired) electrons. The van der Waals surface area contributed by atoms with E-state index in [2.05, 4.69) is 45.7 Å². The van der Waals surface area contributed by atoms with E-state index >= 15 is 0 Å². The van der Waals surface area contributed by atoms with Crippen LogP contribution in [0.1, 0.15) is 121 Å². The molecule has 0 saturated carbocycles. The van der Waals surface area contributed by atoms with Gasteiger partial charge in [0.2, 0.25) is 29.5 Å². The number of β-amino-alcohol motifs (C(OH)–C–C–N with tert-alkyl or cyclic N) is 1. The summed E-state index contributed by atoms with van der Waals surface area (Å²) in [5, 5.41) is 21.4. The highest BCUT2D eigenvalue weighted by Crippen LogP contribution is 2.32. The molecule has 77 heavy (non-hydrogen) atoms. The van der Waals surface area contributed by atoms with Crippen molar-refractivity contribution in [2.75, 3.05) is 57.3 Å². The molecule has 0 aliphatic carbocycles. The summed E-state index contributed by atoms with van der Waals surface area (Å²) in [7, 11) is 0. The summed E-state index contributed by atoms with van der Waals surface area (Å²) in [6, 6.07) is 15.5. The van der Waals surface area contributed by atoms with E-state index in [9.17, 15) is 29.1 Å². The van der Waals surface area contributed by atoms with Gasteiger partial charge in [-0.1, -0.05) is 94.5 Å². The number of hydrogen-bond donors (Lipinski definition) is 6. The van der Waals surface area contributed by atoms with Gasteiger partial charge in [-0.15, -0.1) is 11.3 Å². The Labute approximate surface area is 461 Å². The standard InChI is InChI=1S/C57H77ClN12O6S/c1-38-49(77-37-64-38)41-15-13-39(14-16-41)34-61-53(74)46-33-43(71)35-70(46)54(75)50(56(2,3)4)66-47(72)11-9-7-5-6-8-10-12-48(73)68-31-29-67(30-32-68)26-22-45(40-17-19-42(58)20-18-40)65-55(76)57(59)23-27-69(28-24-57)52-44-21-25-60-51(44)62-36-63-52/h13-21,25,36-37,43,45-46,50,71H,5-12,22-24,26-35,59H2,1-4H3,(H,61,74)(H,65,76)(H,66,72)(H,60,62,63)/t43-,45+,46+,50-/m1/s1. The van der Waals surface area contributed by atoms with E-state index in [1.54, 1.807) is 17.7 Å². The quantitative estimate of drug-likeness (QED) is 0.0400. The summed E-state index contributed by atoms with van der Waals surface area (Å²) < 4.78 is 0. The predicted octanol–water partition coefficient (Wildman–Crippen LogP) is 6.66. The molecule has 0 spiro atoms. The van der Waals surface area contributed by atoms with E-state index in [1.807, 2.05) is 98.9 Å². The van der Waals surface area contributed by atoms with Gasteiger partial charge in [-0.3, -0.25) is 28.9 Å². The van der Waals surface area contributed by atoms with E-state index in [0.717, 1.165) is 95.9 Å². The first kappa shape index (κ1) is 57.2. The zero-order valence-corrected chi connectivity index (χ0v) is 46.6. The summed E-state index contributed by atoms with van der Waals surface area (Å²) in [6.07, 6.45) is 10.2. The van der Waals surface area contributed by atoms with Crippen LogP contribution in [0.15, 0.2) is 72.6 Å². The Balaban J connectivity index is 0.702. The van der Waals surface area contributed by atoms with Crippen molar-refractivity contribution in [3.05, 3.63) is 94.5 Å². The van der Waals surface area contributed by atoms with Crippen LogP contribution in [0.3, 0.4) is 0 Å². The number of aliphatic hydroxyl groups is 1. The van der Waals surface area contributed by atoms with Gasteiger partial charge in [-0.25, -0.2) is 15.0 Å². The molecule has 5 amide bonds. The molecule has 8 rings (SSSR count). The lowest BCUT2D eigenvalue weighted by molar-refractivity contribution is -0.144. The number of thiazole rings is 1. The molecule has 0 unspecified atom stereocenters. The number of nitrogens with two attached hydrogens (primary N) is 1. The Morgan fingerprint density at radius 1 is 0.870 bits per heavy atom. The van der Waals surface area contributed by atoms with Crippen LogP contribution in [0.4, 0.5) is 5.82 Å². The number of fused-ring (bicyclic) bond motifs is 1. The minimum atomic E-state index is -1.02. The topological polar surface area (TPSA) is 235 Å². The van der Waals surface area contributed by atoms with E-state index in [4.69, 9.17) is 17.3 Å². The number of carbonyl (C=O) groups excluding carboxylic acids is 5. The number of amides is 5. The van der Waals surface area contributed by atoms with Crippen molar-refractivity contribution < 1.29 is 29.1 Å². The Morgan fingerprint density at radius 2 is 1.56 bits per heavy atom. The van der Waals surface area contributed by atoms with Gasteiger partial charge >= 0.3 is 0 Å². The smallest absolute Gasteiger partial charge is 0.246 e. The number of piperazine rings is 1. The Bertz CT molecular complexity index is 2780. The molecule has 18 nitrogen and oxygen atoms in total. The molecule has 0 bridgehead atoms. The molecule has 414 valence electrons. The molecule has 6 heterocycles. The summed E-state index contributed by atoms with van der Waals surface area (Å²) in [5.74, 6) is -0.0952. The predicted molar refractivity (Wildman–Crippen MR) is 301 cm³/mol. The van der Waals surface area contributed by atoms with Crippen LogP contribution in [0.25, 0.3) is 21.5 Å². The SMILES string of the molecule is Cc1ncsc1-c1ccc(CNC(=O)[C@@H]2C[C@@H](O)CN2C(=O)[C@@H](NC(=O)CCCCCCCCC(=O)N2CCN(CC[C@H](NC(=O)C3(N)CCN(c4ncnc5[nH]ccc45)CC3)c3ccc(Cl)cc3)CC2)C(C)(C)C)cc1. The van der Waals surface area contributed by atoms with Gasteiger partial charge in [0.25, 0.3) is 0 Å². The van der Waals surface area contributed by atoms with E-state index in [-0.39, 0.29) is 61.5 Å². The number of aromatic nitrogens is 4. The number of likely N-dealkylation sites (tertiary alicyclic amines) is 1. The molecule has 5 aromatic rings. The number of aromatic amines is 1. The molecule has 3 aromatic heterocycles. The van der Waals surface area contributed by atoms with Crippen LogP contribution < -0.4 is 26.6 Å². The minimum absolute atomic E-state index is 0.0179. The third-order valence-electron chi connectivity index (χ3n) is 15.5. The summed E-state index contributed by atoms with van der Waals surface area (Å²) in [6.45, 7) is 12.7. The van der Waals surface area contributed by atoms with E-state index in [1.165, 1.54) is 4.90 Å². The summed E-state index contributed by atoms with van der Waals surface area (Å²) >= 11 is 7.84. The lowest BCUT2D eigenvalue weighted by atomic mass is 9.85. The van der Waals surface area contributed by atoms with Crippen molar-refractivity contribution in [2.24, 2.45) is 11.1 Å². The third-order valence-corrected chi connectivity index (χ3v) is 16.8. The Morgan fingerprint density at radius 3 is 2.23 bits per heavy atom. The van der Waals surface area contributed by atoms with Crippen molar-refractivity contribution >= 4 is 69.3 Å². The number of nitrogens with one attached hydrogen (secondary N) is 4. The summed E-state index contributed by atoms with van der Waals surface area (Å²) in [5.41, 5.74) is 11.7. The molecular formula is C57H77ClN12O6S. The molecule has 3 aliphatic rings. The van der Waals surface area contributed by atoms with Crippen molar-refractivity contribution in [3.63, 3.8) is 0 Å². The first-order valence-corrected chi connectivity index (χ1v) is 28.6. The zero-order valence-electron chi connectivity index (χ0n) is 45.1. The van der Waals surface area contributed by atoms with Gasteiger partial charge in [0.1, 0.15) is 29.9 Å². The molecule has 7 N–H and O–H groups in total. The van der Waals surface area contributed by atoms with Crippen molar-refractivity contribution in [2.45, 2.75) is 141 Å². The molecule has 3 fully saturated rings. The monoisotopic (exact) mass is 1090 g/mol. The molecule has 20 heteroatoms. The van der Waals surface area contributed by atoms with Gasteiger partial charge in [0.05, 0.1) is 39.2 Å². The van der Waals surface area contributed by atoms with Gasteiger partial charge in [0.15, 0.2) is 0 Å². The number of unbranched alkanes of at least 4 members (excludes halogenated alkanes) is 5. The third kappa shape index (κ3) is 15.0. The molecule has 3 aliphatic heterocycles. The van der Waals surface area contributed by atoms with Gasteiger partial charge in [0, 0.05) is 89.4 Å². The second-order valence-electron chi connectivity index (χ2n) is 22.2. The number of aliphatic hydroxyl groups excluding tert-OH is 1. The van der Waals surface area contributed by atoms with E-state index < -0.39 is 29.1 Å². The number of H-pyrrole nitrogens is 1. The number of benzene rings is 2. The highest BCUT2D eigenvalue weighted by atomic mass is 35.5. The fourth-order valence-electron chi connectivity index (χ4n) is 10.7. The maximum absolute atomic E-state index is 14.1. The number of hydrogen-bond acceptors (Lipinski definition) is 13. The van der Waals surface area contributed by atoms with Crippen LogP contribution >= 0.6 is 22.9 Å². The number of piperidine rings is 1. The van der Waals surface area contributed by atoms with Crippen molar-refractivity contribution in [3.8, 4) is 10.4 Å². The lowest BCUT2D eigenvalue weighted by Gasteiger charge is -2.39. The van der Waals surface area contributed by atoms with Gasteiger partial charge < -0.3 is 46.5 Å². The number of halogens is 1. The Hall–Kier alpha value is -5.99. The molecular weight excluding hydrogens is 1020 g/mol. The van der Waals surface area contributed by atoms with Crippen LogP contribution in [0, 0.1) is 12.3 Å². The van der Waals surface area contributed by atoms with Gasteiger partial charge in [-0.05, 0) is 79.3 Å². The highest BCUT2D eigenvalue weighted by molar-refractivity contribution is 7.13. The number of rotatable bonds is 22. The average molecular weight is 1090 g/mol. The number of nitrogens with zero attached hydrogens (tertiary/aromatic N) is 7. The van der Waals surface area contributed by atoms with Crippen LogP contribution in [0.5, 0.6) is 0 Å². The number of carbonyl (C=O) groups is 5. The number of aryl methyl sites for hydroxylation is 1. The first-order valence-electron chi connectivity index (χ1n) is 27.4. The van der Waals surface area contributed by atoms with Crippen LogP contribution in [0.2, 0.25) is 5.02 Å². The average Bonchev–Trinajstić information content (AvgIpc) is 4.22. The maximum Gasteiger partial charge on any atom is 0.246 e. The van der Waals surface area contributed by atoms with Crippen molar-refractivity contribution in [1.29, 1.82) is 0 Å². The molecule has 3 saturated heterocycles. The molecule has 2 aromatic carbocycles. The normalized spacial score (nSPS) is 18.8.